The Balaban J connectivity index is 2.80. The van der Waals surface area contributed by atoms with Crippen LogP contribution in [0.15, 0.2) is 24.3 Å². The molecule has 0 aromatic heterocycles. The summed E-state index contributed by atoms with van der Waals surface area (Å²) < 4.78 is 12.7. The maximum Gasteiger partial charge on any atom is 0.179 e. The molecule has 0 aliphatic heterocycles. The molecule has 0 heterocycles. The Morgan fingerprint density at radius 1 is 1.40 bits per heavy atom. The molecule has 1 aromatic rings. The van der Waals surface area contributed by atoms with Crippen LogP contribution in [0.2, 0.25) is 0 Å². The summed E-state index contributed by atoms with van der Waals surface area (Å²) >= 11 is 0. The second-order valence-corrected chi connectivity index (χ2v) is 3.62. The van der Waals surface area contributed by atoms with Crippen LogP contribution in [0.4, 0.5) is 4.39 Å². The zero-order chi connectivity index (χ0) is 11.4. The van der Waals surface area contributed by atoms with Gasteiger partial charge >= 0.3 is 0 Å². The van der Waals surface area contributed by atoms with Crippen molar-refractivity contribution in [3.05, 3.63) is 35.6 Å². The molecule has 0 radical (unpaired) electrons. The molecular formula is C12H16FNO. The number of ketones is 1. The van der Waals surface area contributed by atoms with Crippen LogP contribution >= 0.6 is 0 Å². The Morgan fingerprint density at radius 2 is 1.93 bits per heavy atom. The minimum absolute atomic E-state index is 0.0272. The Bertz CT molecular complexity index is 334. The van der Waals surface area contributed by atoms with E-state index in [1.165, 1.54) is 24.3 Å². The van der Waals surface area contributed by atoms with Gasteiger partial charge in [0.1, 0.15) is 5.82 Å². The van der Waals surface area contributed by atoms with E-state index in [-0.39, 0.29) is 17.6 Å². The minimum atomic E-state index is -0.317. The average Bonchev–Trinajstić information content (AvgIpc) is 2.27. The van der Waals surface area contributed by atoms with Gasteiger partial charge in [0.15, 0.2) is 5.78 Å². The molecule has 1 rings (SSSR count). The van der Waals surface area contributed by atoms with Gasteiger partial charge < -0.3 is 0 Å². The molecule has 0 saturated carbocycles. The molecule has 3 heteroatoms. The lowest BCUT2D eigenvalue weighted by Crippen LogP contribution is -2.35. The number of hydrogen-bond donors (Lipinski definition) is 0. The van der Waals surface area contributed by atoms with Gasteiger partial charge in [-0.05, 0) is 44.8 Å². The van der Waals surface area contributed by atoms with Gasteiger partial charge in [0.2, 0.25) is 0 Å². The zero-order valence-electron chi connectivity index (χ0n) is 9.33. The number of likely N-dealkylation sites (N-methyl/N-ethyl adjacent to an activating group) is 1. The second kappa shape index (κ2) is 5.03. The first-order valence-electron chi connectivity index (χ1n) is 5.06. The fourth-order valence-electron chi connectivity index (χ4n) is 1.33. The van der Waals surface area contributed by atoms with Crippen molar-refractivity contribution in [2.24, 2.45) is 0 Å². The molecule has 1 aromatic carbocycles. The van der Waals surface area contributed by atoms with Crippen LogP contribution in [0.3, 0.4) is 0 Å². The normalized spacial score (nSPS) is 12.9. The van der Waals surface area contributed by atoms with Crippen LogP contribution in [-0.2, 0) is 0 Å². The van der Waals surface area contributed by atoms with Crippen molar-refractivity contribution < 1.29 is 9.18 Å². The molecule has 0 bridgehead atoms. The summed E-state index contributed by atoms with van der Waals surface area (Å²) in [6.45, 7) is 4.66. The van der Waals surface area contributed by atoms with Crippen molar-refractivity contribution in [2.45, 2.75) is 19.9 Å². The monoisotopic (exact) mass is 209 g/mol. The Morgan fingerprint density at radius 3 is 2.40 bits per heavy atom. The summed E-state index contributed by atoms with van der Waals surface area (Å²) in [5.41, 5.74) is 0.559. The number of nitrogens with zero attached hydrogens (tertiary/aromatic N) is 1. The maximum absolute atomic E-state index is 12.7. The average molecular weight is 209 g/mol. The van der Waals surface area contributed by atoms with Crippen molar-refractivity contribution in [1.82, 2.24) is 4.90 Å². The highest BCUT2D eigenvalue weighted by molar-refractivity contribution is 5.99. The van der Waals surface area contributed by atoms with Gasteiger partial charge in [0, 0.05) is 5.56 Å². The summed E-state index contributed by atoms with van der Waals surface area (Å²) in [5, 5.41) is 0. The van der Waals surface area contributed by atoms with Gasteiger partial charge in [-0.2, -0.15) is 0 Å². The molecule has 0 fully saturated rings. The molecule has 1 atom stereocenters. The summed E-state index contributed by atoms with van der Waals surface area (Å²) in [7, 11) is 1.89. The lowest BCUT2D eigenvalue weighted by atomic mass is 10.0. The van der Waals surface area contributed by atoms with Crippen molar-refractivity contribution in [2.75, 3.05) is 13.6 Å². The van der Waals surface area contributed by atoms with Gasteiger partial charge in [-0.15, -0.1) is 0 Å². The fraction of sp³-hybridized carbons (Fsp3) is 0.417. The molecule has 0 amide bonds. The lowest BCUT2D eigenvalue weighted by molar-refractivity contribution is 0.0874. The van der Waals surface area contributed by atoms with Gasteiger partial charge in [-0.25, -0.2) is 4.39 Å². The van der Waals surface area contributed by atoms with Gasteiger partial charge in [-0.1, -0.05) is 6.92 Å². The third-order valence-corrected chi connectivity index (χ3v) is 2.67. The molecular weight excluding hydrogens is 193 g/mol. The SMILES string of the molecule is CCN(C)C(C)C(=O)c1ccc(F)cc1. The van der Waals surface area contributed by atoms with Crippen LogP contribution < -0.4 is 0 Å². The summed E-state index contributed by atoms with van der Waals surface area (Å²) in [6.07, 6.45) is 0. The third kappa shape index (κ3) is 2.86. The largest absolute Gasteiger partial charge is 0.297 e. The van der Waals surface area contributed by atoms with E-state index in [0.29, 0.717) is 5.56 Å². The van der Waals surface area contributed by atoms with Crippen molar-refractivity contribution in [1.29, 1.82) is 0 Å². The fourth-order valence-corrected chi connectivity index (χ4v) is 1.33. The van der Waals surface area contributed by atoms with E-state index < -0.39 is 0 Å². The zero-order valence-corrected chi connectivity index (χ0v) is 9.33. The first-order chi connectivity index (χ1) is 7.06. The van der Waals surface area contributed by atoms with Crippen LogP contribution in [-0.4, -0.2) is 30.3 Å². The van der Waals surface area contributed by atoms with Crippen molar-refractivity contribution in [3.8, 4) is 0 Å². The van der Waals surface area contributed by atoms with E-state index in [9.17, 15) is 9.18 Å². The molecule has 0 aliphatic carbocycles. The first kappa shape index (κ1) is 11.9. The molecule has 1 unspecified atom stereocenters. The Labute approximate surface area is 89.7 Å². The number of Topliss-reactive ketones (excluding diaryl/α,β-unsaturated/α-hetero) is 1. The van der Waals surface area contributed by atoms with E-state index in [0.717, 1.165) is 6.54 Å². The van der Waals surface area contributed by atoms with Crippen molar-refractivity contribution in [3.63, 3.8) is 0 Å². The van der Waals surface area contributed by atoms with Crippen LogP contribution in [0, 0.1) is 5.82 Å². The van der Waals surface area contributed by atoms with E-state index in [1.54, 1.807) is 0 Å². The van der Waals surface area contributed by atoms with Crippen LogP contribution in [0.25, 0.3) is 0 Å². The summed E-state index contributed by atoms with van der Waals surface area (Å²) in [6, 6.07) is 5.51. The van der Waals surface area contributed by atoms with Crippen molar-refractivity contribution >= 4 is 5.78 Å². The standard InChI is InChI=1S/C12H16FNO/c1-4-14(3)9(2)12(15)10-5-7-11(13)8-6-10/h5-9H,4H2,1-3H3. The van der Waals surface area contributed by atoms with E-state index in [4.69, 9.17) is 0 Å². The number of carbonyl (C=O) groups excluding carboxylic acids is 1. The molecule has 0 aliphatic rings. The summed E-state index contributed by atoms with van der Waals surface area (Å²) in [4.78, 5) is 13.8. The predicted octanol–water partition coefficient (Wildman–Crippen LogP) is 2.35. The number of carbonyl (C=O) groups is 1. The van der Waals surface area contributed by atoms with Crippen LogP contribution in [0.1, 0.15) is 24.2 Å². The highest BCUT2D eigenvalue weighted by atomic mass is 19.1. The molecule has 82 valence electrons. The number of rotatable bonds is 4. The molecule has 15 heavy (non-hydrogen) atoms. The Hall–Kier alpha value is -1.22. The van der Waals surface area contributed by atoms with Crippen LogP contribution in [0.5, 0.6) is 0 Å². The molecule has 2 nitrogen and oxygen atoms in total. The summed E-state index contributed by atoms with van der Waals surface area (Å²) in [5.74, 6) is -0.289. The van der Waals surface area contributed by atoms with E-state index in [1.807, 2.05) is 25.8 Å². The van der Waals surface area contributed by atoms with Gasteiger partial charge in [-0.3, -0.25) is 9.69 Å². The topological polar surface area (TPSA) is 20.3 Å². The molecule has 0 saturated heterocycles. The molecule has 0 spiro atoms. The number of benzene rings is 1. The smallest absolute Gasteiger partial charge is 0.179 e. The quantitative estimate of drug-likeness (QED) is 0.709. The minimum Gasteiger partial charge on any atom is -0.297 e. The van der Waals surface area contributed by atoms with Gasteiger partial charge in [0.05, 0.1) is 6.04 Å². The Kier molecular flexibility index (Phi) is 3.97. The lowest BCUT2D eigenvalue weighted by Gasteiger charge is -2.21. The second-order valence-electron chi connectivity index (χ2n) is 3.62. The van der Waals surface area contributed by atoms with E-state index in [2.05, 4.69) is 0 Å². The maximum atomic E-state index is 12.7. The predicted molar refractivity (Wildman–Crippen MR) is 58.5 cm³/mol. The number of hydrogen-bond acceptors (Lipinski definition) is 2. The van der Waals surface area contributed by atoms with Gasteiger partial charge in [0.25, 0.3) is 0 Å². The highest BCUT2D eigenvalue weighted by Crippen LogP contribution is 2.08. The number of halogens is 1. The molecule has 0 N–H and O–H groups in total. The highest BCUT2D eigenvalue weighted by Gasteiger charge is 2.18. The first-order valence-corrected chi connectivity index (χ1v) is 5.06. The third-order valence-electron chi connectivity index (χ3n) is 2.67. The van der Waals surface area contributed by atoms with E-state index >= 15 is 0 Å².